The standard InChI is InChI=1S/C14H18F2N4/c1-20-9-10(8-18-20)2-3-14(19-17)6-11-4-12(15)7-13(16)5-11/h4-5,7-9,14,19H,2-3,6,17H2,1H3. The summed E-state index contributed by atoms with van der Waals surface area (Å²) in [7, 11) is 1.86. The lowest BCUT2D eigenvalue weighted by molar-refractivity contribution is 0.487. The minimum Gasteiger partial charge on any atom is -0.276 e. The van der Waals surface area contributed by atoms with Gasteiger partial charge in [-0.3, -0.25) is 16.0 Å². The Morgan fingerprint density at radius 1 is 1.25 bits per heavy atom. The predicted octanol–water partition coefficient (Wildman–Crippen LogP) is 1.71. The van der Waals surface area contributed by atoms with Crippen LogP contribution in [0.2, 0.25) is 0 Å². The summed E-state index contributed by atoms with van der Waals surface area (Å²) in [6.45, 7) is 0. The van der Waals surface area contributed by atoms with Crippen LogP contribution >= 0.6 is 0 Å². The van der Waals surface area contributed by atoms with Crippen molar-refractivity contribution in [3.8, 4) is 0 Å². The Hall–Kier alpha value is -1.79. The van der Waals surface area contributed by atoms with Gasteiger partial charge in [0.1, 0.15) is 11.6 Å². The predicted molar refractivity (Wildman–Crippen MR) is 72.7 cm³/mol. The number of benzene rings is 1. The van der Waals surface area contributed by atoms with Gasteiger partial charge in [-0.1, -0.05) is 0 Å². The fourth-order valence-corrected chi connectivity index (χ4v) is 2.20. The van der Waals surface area contributed by atoms with E-state index in [1.54, 1.807) is 10.9 Å². The lowest BCUT2D eigenvalue weighted by atomic mass is 10.0. The van der Waals surface area contributed by atoms with E-state index in [1.807, 2.05) is 13.2 Å². The summed E-state index contributed by atoms with van der Waals surface area (Å²) in [5.41, 5.74) is 4.40. The molecule has 0 fully saturated rings. The molecule has 0 aliphatic rings. The number of halogens is 2. The van der Waals surface area contributed by atoms with E-state index in [0.717, 1.165) is 24.5 Å². The molecule has 3 N–H and O–H groups in total. The molecule has 0 saturated carbocycles. The van der Waals surface area contributed by atoms with Crippen molar-refractivity contribution < 1.29 is 8.78 Å². The molecular weight excluding hydrogens is 262 g/mol. The van der Waals surface area contributed by atoms with Crippen molar-refractivity contribution in [3.05, 3.63) is 53.4 Å². The summed E-state index contributed by atoms with van der Waals surface area (Å²) in [5.74, 6) is 4.37. The number of rotatable bonds is 6. The molecule has 2 rings (SSSR count). The van der Waals surface area contributed by atoms with Gasteiger partial charge in [-0.2, -0.15) is 5.10 Å². The van der Waals surface area contributed by atoms with Crippen molar-refractivity contribution in [2.45, 2.75) is 25.3 Å². The van der Waals surface area contributed by atoms with E-state index in [-0.39, 0.29) is 6.04 Å². The van der Waals surface area contributed by atoms with Crippen molar-refractivity contribution in [2.24, 2.45) is 12.9 Å². The minimum atomic E-state index is -0.567. The first-order chi connectivity index (χ1) is 9.56. The van der Waals surface area contributed by atoms with Gasteiger partial charge in [-0.15, -0.1) is 0 Å². The Bertz CT molecular complexity index is 548. The molecule has 1 unspecified atom stereocenters. The molecule has 108 valence electrons. The number of nitrogens with zero attached hydrogens (tertiary/aromatic N) is 2. The molecule has 2 aromatic rings. The second-order valence-electron chi connectivity index (χ2n) is 4.91. The SMILES string of the molecule is Cn1cc(CCC(Cc2cc(F)cc(F)c2)NN)cn1. The molecule has 0 aliphatic carbocycles. The van der Waals surface area contributed by atoms with E-state index in [4.69, 9.17) is 5.84 Å². The maximum absolute atomic E-state index is 13.1. The molecule has 4 nitrogen and oxygen atoms in total. The Kier molecular flexibility index (Phi) is 4.81. The number of nitrogens with one attached hydrogen (secondary N) is 1. The van der Waals surface area contributed by atoms with Gasteiger partial charge in [0, 0.05) is 25.4 Å². The number of hydrazine groups is 1. The van der Waals surface area contributed by atoms with Crippen molar-refractivity contribution in [1.29, 1.82) is 0 Å². The third-order valence-corrected chi connectivity index (χ3v) is 3.18. The molecule has 1 heterocycles. The zero-order valence-electron chi connectivity index (χ0n) is 11.3. The van der Waals surface area contributed by atoms with Gasteiger partial charge in [-0.25, -0.2) is 8.78 Å². The summed E-state index contributed by atoms with van der Waals surface area (Å²) in [5, 5.41) is 4.09. The summed E-state index contributed by atoms with van der Waals surface area (Å²) in [4.78, 5) is 0. The highest BCUT2D eigenvalue weighted by atomic mass is 19.1. The summed E-state index contributed by atoms with van der Waals surface area (Å²) in [6.07, 6.45) is 5.79. The molecule has 20 heavy (non-hydrogen) atoms. The highest BCUT2D eigenvalue weighted by molar-refractivity contribution is 5.19. The van der Waals surface area contributed by atoms with Crippen molar-refractivity contribution in [1.82, 2.24) is 15.2 Å². The van der Waals surface area contributed by atoms with E-state index < -0.39 is 11.6 Å². The first-order valence-electron chi connectivity index (χ1n) is 6.45. The molecule has 1 atom stereocenters. The van der Waals surface area contributed by atoms with Crippen LogP contribution in [0, 0.1) is 11.6 Å². The van der Waals surface area contributed by atoms with Crippen LogP contribution in [0.25, 0.3) is 0 Å². The quantitative estimate of drug-likeness (QED) is 0.625. The number of nitrogens with two attached hydrogens (primary N) is 1. The van der Waals surface area contributed by atoms with Crippen LogP contribution in [0.1, 0.15) is 17.5 Å². The van der Waals surface area contributed by atoms with E-state index in [1.165, 1.54) is 12.1 Å². The van der Waals surface area contributed by atoms with Crippen molar-refractivity contribution >= 4 is 0 Å². The maximum atomic E-state index is 13.1. The molecule has 1 aromatic carbocycles. The zero-order valence-corrected chi connectivity index (χ0v) is 11.3. The third kappa shape index (κ3) is 4.11. The van der Waals surface area contributed by atoms with Crippen molar-refractivity contribution in [2.75, 3.05) is 0 Å². The average molecular weight is 280 g/mol. The van der Waals surface area contributed by atoms with E-state index in [9.17, 15) is 8.78 Å². The van der Waals surface area contributed by atoms with E-state index in [0.29, 0.717) is 12.0 Å². The topological polar surface area (TPSA) is 55.9 Å². The number of aryl methyl sites for hydroxylation is 2. The van der Waals surface area contributed by atoms with Gasteiger partial charge < -0.3 is 0 Å². The van der Waals surface area contributed by atoms with Gasteiger partial charge >= 0.3 is 0 Å². The van der Waals surface area contributed by atoms with Crippen LogP contribution in [0.3, 0.4) is 0 Å². The number of aromatic nitrogens is 2. The summed E-state index contributed by atoms with van der Waals surface area (Å²) in [6, 6.07) is 3.48. The zero-order chi connectivity index (χ0) is 14.5. The van der Waals surface area contributed by atoms with E-state index >= 15 is 0 Å². The molecule has 0 aliphatic heterocycles. The Balaban J connectivity index is 1.94. The van der Waals surface area contributed by atoms with Crippen molar-refractivity contribution in [3.63, 3.8) is 0 Å². The molecule has 0 radical (unpaired) electrons. The maximum Gasteiger partial charge on any atom is 0.126 e. The number of hydrogen-bond donors (Lipinski definition) is 2. The highest BCUT2D eigenvalue weighted by Crippen LogP contribution is 2.12. The first kappa shape index (κ1) is 14.6. The normalized spacial score (nSPS) is 12.6. The Morgan fingerprint density at radius 3 is 2.50 bits per heavy atom. The lowest BCUT2D eigenvalue weighted by Crippen LogP contribution is -2.37. The van der Waals surface area contributed by atoms with Gasteiger partial charge in [0.25, 0.3) is 0 Å². The van der Waals surface area contributed by atoms with Crippen LogP contribution in [0.4, 0.5) is 8.78 Å². The fourth-order valence-electron chi connectivity index (χ4n) is 2.20. The second kappa shape index (κ2) is 6.58. The fraction of sp³-hybridized carbons (Fsp3) is 0.357. The molecule has 0 bridgehead atoms. The van der Waals surface area contributed by atoms with Crippen LogP contribution in [0.5, 0.6) is 0 Å². The highest BCUT2D eigenvalue weighted by Gasteiger charge is 2.10. The summed E-state index contributed by atoms with van der Waals surface area (Å²) >= 11 is 0. The van der Waals surface area contributed by atoms with Crippen LogP contribution in [0.15, 0.2) is 30.6 Å². The molecule has 0 amide bonds. The third-order valence-electron chi connectivity index (χ3n) is 3.18. The first-order valence-corrected chi connectivity index (χ1v) is 6.45. The monoisotopic (exact) mass is 280 g/mol. The summed E-state index contributed by atoms with van der Waals surface area (Å²) < 4.78 is 28.0. The number of hydrogen-bond acceptors (Lipinski definition) is 3. The average Bonchev–Trinajstić information content (AvgIpc) is 2.79. The van der Waals surface area contributed by atoms with Gasteiger partial charge in [0.2, 0.25) is 0 Å². The molecule has 0 saturated heterocycles. The Morgan fingerprint density at radius 2 is 1.95 bits per heavy atom. The molecule has 6 heteroatoms. The van der Waals surface area contributed by atoms with Gasteiger partial charge in [0.15, 0.2) is 0 Å². The molecule has 1 aromatic heterocycles. The minimum absolute atomic E-state index is 0.0450. The van der Waals surface area contributed by atoms with Gasteiger partial charge in [0.05, 0.1) is 6.20 Å². The smallest absolute Gasteiger partial charge is 0.126 e. The van der Waals surface area contributed by atoms with E-state index in [2.05, 4.69) is 10.5 Å². The Labute approximate surface area is 116 Å². The second-order valence-corrected chi connectivity index (χ2v) is 4.91. The van der Waals surface area contributed by atoms with Gasteiger partial charge in [-0.05, 0) is 42.5 Å². The van der Waals surface area contributed by atoms with Crippen LogP contribution in [-0.4, -0.2) is 15.8 Å². The largest absolute Gasteiger partial charge is 0.276 e. The van der Waals surface area contributed by atoms with Crippen LogP contribution in [-0.2, 0) is 19.9 Å². The lowest BCUT2D eigenvalue weighted by Gasteiger charge is -2.15. The van der Waals surface area contributed by atoms with Crippen LogP contribution < -0.4 is 11.3 Å². The molecular formula is C14H18F2N4. The molecule has 0 spiro atoms.